The van der Waals surface area contributed by atoms with Crippen molar-refractivity contribution in [3.63, 3.8) is 0 Å². The Kier molecular flexibility index (Phi) is 7.76. The molecule has 0 unspecified atom stereocenters. The monoisotopic (exact) mass is 630 g/mol. The first kappa shape index (κ1) is 30.9. The van der Waals surface area contributed by atoms with Crippen LogP contribution in [-0.4, -0.2) is 40.1 Å². The van der Waals surface area contributed by atoms with Gasteiger partial charge in [-0.15, -0.1) is 0 Å². The predicted octanol–water partition coefficient (Wildman–Crippen LogP) is 7.63. The Morgan fingerprint density at radius 3 is 2.53 bits per heavy atom. The number of nitrogens with one attached hydrogen (secondary N) is 1. The van der Waals surface area contributed by atoms with Crippen molar-refractivity contribution in [2.45, 2.75) is 102 Å². The maximum absolute atomic E-state index is 16.1. The molecule has 43 heavy (non-hydrogen) atoms. The van der Waals surface area contributed by atoms with E-state index >= 15 is 4.39 Å². The summed E-state index contributed by atoms with van der Waals surface area (Å²) in [5.41, 5.74) is -0.924. The summed E-state index contributed by atoms with van der Waals surface area (Å²) in [6.07, 6.45) is 6.63. The number of nitrogens with zero attached hydrogens (tertiary/aromatic N) is 1. The maximum Gasteiger partial charge on any atom is 0.236 e. The van der Waals surface area contributed by atoms with Crippen LogP contribution in [-0.2, 0) is 19.7 Å². The number of hydrogen-bond donors (Lipinski definition) is 2. The summed E-state index contributed by atoms with van der Waals surface area (Å²) in [6, 6.07) is 7.02. The van der Waals surface area contributed by atoms with Crippen LogP contribution >= 0.6 is 23.2 Å². The maximum atomic E-state index is 16.1. The second-order valence-corrected chi connectivity index (χ2v) is 15.6. The minimum atomic E-state index is -1.18. The zero-order valence-electron chi connectivity index (χ0n) is 25.3. The lowest BCUT2D eigenvalue weighted by molar-refractivity contribution is -0.134. The molecule has 1 saturated heterocycles. The number of hydrogen-bond acceptors (Lipinski definition) is 5. The molecule has 9 heteroatoms. The molecule has 2 N–H and O–H groups in total. The first-order valence-electron chi connectivity index (χ1n) is 15.5. The summed E-state index contributed by atoms with van der Waals surface area (Å²) in [5.74, 6) is -2.25. The molecule has 1 amide bonds. The van der Waals surface area contributed by atoms with E-state index < -0.39 is 34.1 Å². The lowest BCUT2D eigenvalue weighted by Gasteiger charge is -2.51. The molecule has 3 heterocycles. The Labute approximate surface area is 263 Å². The summed E-state index contributed by atoms with van der Waals surface area (Å²) in [4.78, 5) is 33.1. The van der Waals surface area contributed by atoms with E-state index in [9.17, 15) is 14.7 Å². The van der Waals surface area contributed by atoms with E-state index in [0.717, 1.165) is 37.7 Å². The first-order chi connectivity index (χ1) is 20.2. The third-order valence-corrected chi connectivity index (χ3v) is 11.7. The van der Waals surface area contributed by atoms with Gasteiger partial charge < -0.3 is 15.2 Å². The number of amides is 1. The molecule has 2 aromatic rings. The van der Waals surface area contributed by atoms with Crippen molar-refractivity contribution >= 4 is 40.6 Å². The van der Waals surface area contributed by atoms with Gasteiger partial charge in [0, 0.05) is 35.2 Å². The second-order valence-electron chi connectivity index (χ2n) is 14.8. The largest absolute Gasteiger partial charge is 0.388 e. The molecule has 5 atom stereocenters. The van der Waals surface area contributed by atoms with Crippen LogP contribution in [0, 0.1) is 28.5 Å². The minimum absolute atomic E-state index is 0.0149. The normalized spacial score (nSPS) is 31.3. The number of rotatable bonds is 5. The van der Waals surface area contributed by atoms with E-state index in [1.807, 2.05) is 6.07 Å². The Morgan fingerprint density at radius 1 is 1.16 bits per heavy atom. The molecule has 0 radical (unpaired) electrons. The van der Waals surface area contributed by atoms with E-state index in [1.165, 1.54) is 6.20 Å². The fraction of sp³-hybridized carbons (Fsp3) is 0.618. The lowest BCUT2D eigenvalue weighted by atomic mass is 9.51. The zero-order chi connectivity index (χ0) is 30.9. The number of ketones is 1. The van der Waals surface area contributed by atoms with Crippen LogP contribution < -0.4 is 5.32 Å². The quantitative estimate of drug-likeness (QED) is 0.332. The van der Waals surface area contributed by atoms with E-state index in [1.54, 1.807) is 32.0 Å². The molecule has 4 aliphatic rings. The average Bonchev–Trinajstić information content (AvgIpc) is 3.39. The smallest absolute Gasteiger partial charge is 0.236 e. The lowest BCUT2D eigenvalue weighted by Crippen LogP contribution is -2.52. The molecule has 2 spiro atoms. The van der Waals surface area contributed by atoms with Gasteiger partial charge in [0.25, 0.3) is 0 Å². The molecular formula is C34H41Cl2FN2O4. The van der Waals surface area contributed by atoms with Crippen molar-refractivity contribution < 1.29 is 23.8 Å². The summed E-state index contributed by atoms with van der Waals surface area (Å²) >= 11 is 12.7. The highest BCUT2D eigenvalue weighted by Crippen LogP contribution is 2.72. The molecule has 1 aromatic carbocycles. The Morgan fingerprint density at radius 2 is 1.88 bits per heavy atom. The summed E-state index contributed by atoms with van der Waals surface area (Å²) in [7, 11) is 0. The van der Waals surface area contributed by atoms with Crippen molar-refractivity contribution in [2.24, 2.45) is 22.7 Å². The Bertz CT molecular complexity index is 1440. The van der Waals surface area contributed by atoms with Gasteiger partial charge in [-0.25, -0.2) is 9.37 Å². The Balaban J connectivity index is 1.47. The van der Waals surface area contributed by atoms with Crippen molar-refractivity contribution in [1.82, 2.24) is 4.98 Å². The number of ether oxygens (including phenoxy) is 1. The van der Waals surface area contributed by atoms with Crippen molar-refractivity contribution in [3.8, 4) is 0 Å². The summed E-state index contributed by atoms with van der Waals surface area (Å²) < 4.78 is 22.1. The topological polar surface area (TPSA) is 88.5 Å². The molecule has 1 aromatic heterocycles. The second kappa shape index (κ2) is 10.8. The van der Waals surface area contributed by atoms with Gasteiger partial charge in [-0.3, -0.25) is 9.59 Å². The Hall–Kier alpha value is -2.06. The van der Waals surface area contributed by atoms with Crippen LogP contribution in [0.2, 0.25) is 10.2 Å². The van der Waals surface area contributed by atoms with Crippen molar-refractivity contribution in [3.05, 3.63) is 57.6 Å². The van der Waals surface area contributed by atoms with Gasteiger partial charge in [-0.05, 0) is 105 Å². The molecule has 0 bridgehead atoms. The summed E-state index contributed by atoms with van der Waals surface area (Å²) in [5, 5.41) is 13.8. The van der Waals surface area contributed by atoms with Gasteiger partial charge in [0.05, 0.1) is 23.7 Å². The predicted molar refractivity (Wildman–Crippen MR) is 165 cm³/mol. The highest BCUT2D eigenvalue weighted by atomic mass is 35.5. The zero-order valence-corrected chi connectivity index (χ0v) is 26.8. The van der Waals surface area contributed by atoms with Crippen molar-refractivity contribution in [1.29, 1.82) is 0 Å². The van der Waals surface area contributed by atoms with Gasteiger partial charge in [0.2, 0.25) is 5.91 Å². The number of pyridine rings is 1. The standard InChI is InChI=1S/C34H41Cl2FN2O4/c1-31(2)10-12-33(13-11-31)17-22(25(40)15-19-5-8-26(43-18-19)32(3,4)42)27(21-9-14-38-29(36)28(21)37)34(33)23-7-6-20(35)16-24(23)39-30(34)41/h6-7,9,14,16,19,22,26-27,42H,5,8,10-13,15,17-18H2,1-4H3,(H,39,41)/t19-,22-,26-,27-,34+/m0/s1. The number of halogens is 3. The van der Waals surface area contributed by atoms with Crippen molar-refractivity contribution in [2.75, 3.05) is 11.9 Å². The molecule has 2 aliphatic heterocycles. The highest BCUT2D eigenvalue weighted by molar-refractivity contribution is 6.31. The van der Waals surface area contributed by atoms with E-state index in [4.69, 9.17) is 27.9 Å². The third kappa shape index (κ3) is 5.03. The van der Waals surface area contributed by atoms with Gasteiger partial charge in [0.15, 0.2) is 11.0 Å². The molecule has 2 aliphatic carbocycles. The first-order valence-corrected chi connectivity index (χ1v) is 16.2. The van der Waals surface area contributed by atoms with Gasteiger partial charge in [-0.1, -0.05) is 43.1 Å². The number of benzene rings is 1. The fourth-order valence-corrected chi connectivity index (χ4v) is 9.20. The van der Waals surface area contributed by atoms with E-state index in [-0.39, 0.29) is 46.3 Å². The number of carbonyl (C=O) groups excluding carboxylic acids is 2. The third-order valence-electron chi connectivity index (χ3n) is 11.2. The van der Waals surface area contributed by atoms with Gasteiger partial charge in [0.1, 0.15) is 5.78 Å². The number of carbonyl (C=O) groups is 2. The van der Waals surface area contributed by atoms with E-state index in [0.29, 0.717) is 30.2 Å². The molecular weight excluding hydrogens is 590 g/mol. The van der Waals surface area contributed by atoms with Gasteiger partial charge >= 0.3 is 0 Å². The molecule has 3 fully saturated rings. The van der Waals surface area contributed by atoms with Crippen LogP contribution in [0.4, 0.5) is 10.1 Å². The van der Waals surface area contributed by atoms with Crippen LogP contribution in [0.15, 0.2) is 30.5 Å². The fourth-order valence-electron chi connectivity index (χ4n) is 8.86. The van der Waals surface area contributed by atoms with Crippen LogP contribution in [0.1, 0.15) is 96.1 Å². The molecule has 2 saturated carbocycles. The summed E-state index contributed by atoms with van der Waals surface area (Å²) in [6.45, 7) is 8.34. The van der Waals surface area contributed by atoms with Crippen LogP contribution in [0.5, 0.6) is 0 Å². The van der Waals surface area contributed by atoms with Crippen LogP contribution in [0.25, 0.3) is 0 Å². The van der Waals surface area contributed by atoms with E-state index in [2.05, 4.69) is 24.1 Å². The minimum Gasteiger partial charge on any atom is -0.388 e. The molecule has 6 rings (SSSR count). The van der Waals surface area contributed by atoms with Crippen LogP contribution in [0.3, 0.4) is 0 Å². The number of aliphatic hydroxyl groups is 1. The number of anilines is 1. The highest BCUT2D eigenvalue weighted by Gasteiger charge is 2.72. The van der Waals surface area contributed by atoms with Gasteiger partial charge in [-0.2, -0.15) is 0 Å². The SMILES string of the molecule is CC1(C)CCC2(CC1)C[C@@H](C(=O)C[C@@H]1CC[C@@H](C(C)(C)O)OC1)[C@H](c1ccnc(Cl)c1F)[C@]21C(=O)Nc2cc(Cl)ccc21. The number of fused-ring (bicyclic) bond motifs is 3. The molecule has 232 valence electrons. The number of aromatic nitrogens is 1. The molecule has 6 nitrogen and oxygen atoms in total. The number of Topliss-reactive ketones (excluding diaryl/α,β-unsaturated/α-hetero) is 1. The average molecular weight is 632 g/mol.